The Morgan fingerprint density at radius 2 is 2.09 bits per heavy atom. The Hall–Kier alpha value is -2.41. The van der Waals surface area contributed by atoms with E-state index in [1.165, 1.54) is 39.8 Å². The van der Waals surface area contributed by atoms with Gasteiger partial charge in [0.1, 0.15) is 22.1 Å². The number of rotatable bonds is 8. The highest BCUT2D eigenvalue weighted by atomic mass is 32.2. The quantitative estimate of drug-likeness (QED) is 0.372. The van der Waals surface area contributed by atoms with E-state index >= 15 is 0 Å². The molecule has 4 N–H and O–H groups in total. The summed E-state index contributed by atoms with van der Waals surface area (Å²) < 4.78 is 0.752. The van der Waals surface area contributed by atoms with Crippen LogP contribution in [0.2, 0.25) is 0 Å². The van der Waals surface area contributed by atoms with E-state index in [-0.39, 0.29) is 18.0 Å². The fourth-order valence-electron chi connectivity index (χ4n) is 3.53. The van der Waals surface area contributed by atoms with Gasteiger partial charge >= 0.3 is 5.97 Å². The minimum absolute atomic E-state index is 0.000951. The van der Waals surface area contributed by atoms with Crippen LogP contribution in [0.25, 0.3) is 0 Å². The standard InChI is InChI=1S/C20H21N5O4S3/c1-10-23-24-20(32-10)31-9-12-8-30-18-15(17(27)25(18)16(12)19(28)29)22-14(26)7-13(21)11-5-3-2-4-6-11/h2-6,13,15,18H,7-9,21H2,1H3,(H,22,26)(H,28,29)/t13?,15?,18-/m0/s1. The maximum absolute atomic E-state index is 12.8. The van der Waals surface area contributed by atoms with Crippen LogP contribution < -0.4 is 11.1 Å². The predicted molar refractivity (Wildman–Crippen MR) is 123 cm³/mol. The summed E-state index contributed by atoms with van der Waals surface area (Å²) in [4.78, 5) is 38.5. The van der Waals surface area contributed by atoms with Crippen molar-refractivity contribution in [3.05, 3.63) is 52.2 Å². The van der Waals surface area contributed by atoms with Gasteiger partial charge in [-0.3, -0.25) is 14.5 Å². The fourth-order valence-corrected chi connectivity index (χ4v) is 6.83. The predicted octanol–water partition coefficient (Wildman–Crippen LogP) is 1.77. The lowest BCUT2D eigenvalue weighted by Gasteiger charge is -2.49. The normalized spacial score (nSPS) is 21.1. The number of nitrogens with two attached hydrogens (primary N) is 1. The molecule has 4 rings (SSSR count). The van der Waals surface area contributed by atoms with Gasteiger partial charge in [0.15, 0.2) is 4.34 Å². The molecule has 0 radical (unpaired) electrons. The van der Waals surface area contributed by atoms with Gasteiger partial charge in [-0.15, -0.1) is 22.0 Å². The number of aromatic nitrogens is 2. The Labute approximate surface area is 196 Å². The molecule has 2 amide bonds. The summed E-state index contributed by atoms with van der Waals surface area (Å²) in [6, 6.07) is 8.01. The average Bonchev–Trinajstić information content (AvgIpc) is 3.20. The lowest BCUT2D eigenvalue weighted by molar-refractivity contribution is -0.150. The molecule has 0 saturated carbocycles. The number of thioether (sulfide) groups is 2. The molecule has 1 aromatic carbocycles. The van der Waals surface area contributed by atoms with Crippen molar-refractivity contribution in [2.75, 3.05) is 11.5 Å². The van der Waals surface area contributed by atoms with Crippen molar-refractivity contribution in [2.24, 2.45) is 5.73 Å². The van der Waals surface area contributed by atoms with Gasteiger partial charge in [-0.05, 0) is 18.1 Å². The minimum Gasteiger partial charge on any atom is -0.477 e. The molecule has 0 bridgehead atoms. The molecule has 3 heterocycles. The number of amides is 2. The first-order chi connectivity index (χ1) is 15.3. The Morgan fingerprint density at radius 3 is 2.75 bits per heavy atom. The maximum atomic E-state index is 12.8. The monoisotopic (exact) mass is 491 g/mol. The number of benzene rings is 1. The third-order valence-electron chi connectivity index (χ3n) is 5.08. The van der Waals surface area contributed by atoms with Crippen LogP contribution in [-0.4, -0.2) is 60.9 Å². The first kappa shape index (κ1) is 22.8. The Balaban J connectivity index is 1.40. The molecule has 0 aliphatic carbocycles. The molecule has 12 heteroatoms. The summed E-state index contributed by atoms with van der Waals surface area (Å²) in [5.41, 5.74) is 7.59. The molecular formula is C20H21N5O4S3. The molecule has 2 aliphatic rings. The van der Waals surface area contributed by atoms with Gasteiger partial charge in [-0.25, -0.2) is 4.79 Å². The zero-order chi connectivity index (χ0) is 22.8. The van der Waals surface area contributed by atoms with Crippen LogP contribution in [0.4, 0.5) is 0 Å². The third kappa shape index (κ3) is 4.68. The molecule has 2 unspecified atom stereocenters. The number of aliphatic carboxylic acids is 1. The zero-order valence-electron chi connectivity index (χ0n) is 17.1. The fraction of sp³-hybridized carbons (Fsp3) is 0.350. The molecule has 9 nitrogen and oxygen atoms in total. The summed E-state index contributed by atoms with van der Waals surface area (Å²) in [5.74, 6) is -1.05. The van der Waals surface area contributed by atoms with Crippen molar-refractivity contribution < 1.29 is 19.5 Å². The average molecular weight is 492 g/mol. The van der Waals surface area contributed by atoms with E-state index in [4.69, 9.17) is 5.73 Å². The highest BCUT2D eigenvalue weighted by Gasteiger charge is 2.54. The number of carbonyl (C=O) groups is 3. The van der Waals surface area contributed by atoms with Gasteiger partial charge in [-0.1, -0.05) is 53.4 Å². The van der Waals surface area contributed by atoms with Crippen LogP contribution in [0.5, 0.6) is 0 Å². The highest BCUT2D eigenvalue weighted by molar-refractivity contribution is 8.01. The lowest BCUT2D eigenvalue weighted by atomic mass is 10.0. The van der Waals surface area contributed by atoms with Gasteiger partial charge in [0.2, 0.25) is 5.91 Å². The Morgan fingerprint density at radius 1 is 1.34 bits per heavy atom. The molecule has 1 saturated heterocycles. The number of aryl methyl sites for hydroxylation is 1. The van der Waals surface area contributed by atoms with Crippen LogP contribution in [0.3, 0.4) is 0 Å². The van der Waals surface area contributed by atoms with E-state index < -0.39 is 29.3 Å². The number of carbonyl (C=O) groups excluding carboxylic acids is 2. The molecule has 1 aromatic heterocycles. The number of carboxylic acids is 1. The number of carboxylic acid groups (broad SMARTS) is 1. The van der Waals surface area contributed by atoms with Crippen molar-refractivity contribution >= 4 is 52.6 Å². The second kappa shape index (κ2) is 9.61. The van der Waals surface area contributed by atoms with Crippen molar-refractivity contribution in [3.8, 4) is 0 Å². The summed E-state index contributed by atoms with van der Waals surface area (Å²) in [5, 5.41) is 20.9. The SMILES string of the molecule is Cc1nnc(SCC2=C(C(=O)O)N3C(=O)C(NC(=O)CC(N)c4ccccc4)[C@@H]3SC2)s1. The summed E-state index contributed by atoms with van der Waals surface area (Å²) in [6.45, 7) is 1.85. The topological polar surface area (TPSA) is 139 Å². The second-order valence-corrected chi connectivity index (χ2v) is 10.8. The van der Waals surface area contributed by atoms with Crippen LogP contribution in [0, 0.1) is 6.92 Å². The van der Waals surface area contributed by atoms with E-state index in [1.807, 2.05) is 37.3 Å². The van der Waals surface area contributed by atoms with Crippen molar-refractivity contribution in [1.29, 1.82) is 0 Å². The van der Waals surface area contributed by atoms with Gasteiger partial charge in [0.25, 0.3) is 5.91 Å². The number of hydrogen-bond acceptors (Lipinski definition) is 9. The molecule has 2 aromatic rings. The zero-order valence-corrected chi connectivity index (χ0v) is 19.5. The first-order valence-electron chi connectivity index (χ1n) is 9.78. The number of hydrogen-bond donors (Lipinski definition) is 3. The molecule has 32 heavy (non-hydrogen) atoms. The van der Waals surface area contributed by atoms with Crippen molar-refractivity contribution in [2.45, 2.75) is 35.1 Å². The second-order valence-electron chi connectivity index (χ2n) is 7.31. The van der Waals surface area contributed by atoms with Crippen molar-refractivity contribution in [3.63, 3.8) is 0 Å². The van der Waals surface area contributed by atoms with Crippen LogP contribution in [-0.2, 0) is 14.4 Å². The van der Waals surface area contributed by atoms with E-state index in [2.05, 4.69) is 15.5 Å². The summed E-state index contributed by atoms with van der Waals surface area (Å²) in [7, 11) is 0. The Bertz CT molecular complexity index is 1070. The summed E-state index contributed by atoms with van der Waals surface area (Å²) in [6.07, 6.45) is 0.0377. The van der Waals surface area contributed by atoms with E-state index in [1.54, 1.807) is 0 Å². The van der Waals surface area contributed by atoms with Crippen LogP contribution in [0.15, 0.2) is 45.9 Å². The maximum Gasteiger partial charge on any atom is 0.352 e. The van der Waals surface area contributed by atoms with Gasteiger partial charge in [0.05, 0.1) is 0 Å². The number of β-lactam (4-membered cyclic amide) rings is 1. The molecule has 0 spiro atoms. The van der Waals surface area contributed by atoms with E-state index in [9.17, 15) is 19.5 Å². The van der Waals surface area contributed by atoms with Crippen LogP contribution in [0.1, 0.15) is 23.0 Å². The number of nitrogens with zero attached hydrogens (tertiary/aromatic N) is 3. The molecule has 168 valence electrons. The van der Waals surface area contributed by atoms with Crippen molar-refractivity contribution in [1.82, 2.24) is 20.4 Å². The van der Waals surface area contributed by atoms with E-state index in [0.29, 0.717) is 17.1 Å². The highest BCUT2D eigenvalue weighted by Crippen LogP contribution is 2.41. The smallest absolute Gasteiger partial charge is 0.352 e. The molecule has 2 aliphatic heterocycles. The summed E-state index contributed by atoms with van der Waals surface area (Å²) >= 11 is 4.28. The molecule has 1 fully saturated rings. The molecular weight excluding hydrogens is 470 g/mol. The first-order valence-corrected chi connectivity index (χ1v) is 12.6. The van der Waals surface area contributed by atoms with Crippen LogP contribution >= 0.6 is 34.9 Å². The third-order valence-corrected chi connectivity index (χ3v) is 8.47. The number of nitrogens with one attached hydrogen (secondary N) is 1. The van der Waals surface area contributed by atoms with Gasteiger partial charge < -0.3 is 16.2 Å². The number of fused-ring (bicyclic) bond motifs is 1. The van der Waals surface area contributed by atoms with Gasteiger partial charge in [0, 0.05) is 24.0 Å². The lowest BCUT2D eigenvalue weighted by Crippen LogP contribution is -2.70. The van der Waals surface area contributed by atoms with Gasteiger partial charge in [-0.2, -0.15) is 0 Å². The largest absolute Gasteiger partial charge is 0.477 e. The minimum atomic E-state index is -1.15. The van der Waals surface area contributed by atoms with E-state index in [0.717, 1.165) is 14.9 Å². The molecule has 3 atom stereocenters. The Kier molecular flexibility index (Phi) is 6.84.